The van der Waals surface area contributed by atoms with Gasteiger partial charge in [-0.25, -0.2) is 4.98 Å². The predicted octanol–water partition coefficient (Wildman–Crippen LogP) is 2.55. The van der Waals surface area contributed by atoms with Gasteiger partial charge in [0, 0.05) is 17.1 Å². The maximum absolute atomic E-state index is 12.3. The van der Waals surface area contributed by atoms with Crippen molar-refractivity contribution in [2.75, 3.05) is 5.32 Å². The van der Waals surface area contributed by atoms with E-state index in [1.54, 1.807) is 0 Å². The molecule has 114 valence electrons. The highest BCUT2D eigenvalue weighted by atomic mass is 35.5. The first kappa shape index (κ1) is 14.6. The van der Waals surface area contributed by atoms with Gasteiger partial charge < -0.3 is 5.32 Å². The Morgan fingerprint density at radius 3 is 2.68 bits per heavy atom. The van der Waals surface area contributed by atoms with E-state index in [9.17, 15) is 4.79 Å². The van der Waals surface area contributed by atoms with Crippen LogP contribution in [-0.4, -0.2) is 19.6 Å². The molecule has 2 N–H and O–H groups in total. The summed E-state index contributed by atoms with van der Waals surface area (Å²) in [7, 11) is 0. The summed E-state index contributed by atoms with van der Waals surface area (Å²) in [4.78, 5) is 21.0. The van der Waals surface area contributed by atoms with Gasteiger partial charge in [0.1, 0.15) is 0 Å². The third-order valence-electron chi connectivity index (χ3n) is 3.52. The molecule has 2 heterocycles. The van der Waals surface area contributed by atoms with Gasteiger partial charge in [-0.1, -0.05) is 30.7 Å². The van der Waals surface area contributed by atoms with Gasteiger partial charge in [-0.15, -0.1) is 0 Å². The Kier molecular flexibility index (Phi) is 3.85. The fourth-order valence-electron chi connectivity index (χ4n) is 2.33. The standard InChI is InChI=1S/C15H16ClN5O/c1-3-12-9(2)18-15-19-14(20-21(15)13(12)22)17-8-10-4-6-11(16)7-5-10/h4-7H,3,8H2,1-2H3,(H2,17,18,19,20). The third-order valence-corrected chi connectivity index (χ3v) is 3.77. The van der Waals surface area contributed by atoms with Gasteiger partial charge in [-0.05, 0) is 31.0 Å². The molecule has 3 aromatic rings. The second-order valence-corrected chi connectivity index (χ2v) is 5.46. The molecule has 0 atom stereocenters. The summed E-state index contributed by atoms with van der Waals surface area (Å²) in [6.45, 7) is 4.34. The molecule has 22 heavy (non-hydrogen) atoms. The van der Waals surface area contributed by atoms with Crippen molar-refractivity contribution >= 4 is 23.3 Å². The Morgan fingerprint density at radius 2 is 2.00 bits per heavy atom. The van der Waals surface area contributed by atoms with E-state index in [2.05, 4.69) is 20.4 Å². The van der Waals surface area contributed by atoms with Gasteiger partial charge in [-0.2, -0.15) is 9.50 Å². The number of nitrogens with one attached hydrogen (secondary N) is 2. The van der Waals surface area contributed by atoms with E-state index in [4.69, 9.17) is 11.6 Å². The maximum atomic E-state index is 12.3. The van der Waals surface area contributed by atoms with Crippen molar-refractivity contribution in [3.05, 3.63) is 56.5 Å². The lowest BCUT2D eigenvalue weighted by Crippen LogP contribution is -2.21. The highest BCUT2D eigenvalue weighted by molar-refractivity contribution is 6.30. The van der Waals surface area contributed by atoms with Crippen LogP contribution in [0.2, 0.25) is 5.02 Å². The van der Waals surface area contributed by atoms with Crippen LogP contribution in [0.1, 0.15) is 23.7 Å². The van der Waals surface area contributed by atoms with Crippen molar-refractivity contribution in [1.29, 1.82) is 0 Å². The first-order chi connectivity index (χ1) is 10.6. The summed E-state index contributed by atoms with van der Waals surface area (Å²) in [5.74, 6) is 0.880. The van der Waals surface area contributed by atoms with Crippen LogP contribution in [0.4, 0.5) is 5.95 Å². The molecule has 2 aromatic heterocycles. The first-order valence-corrected chi connectivity index (χ1v) is 7.43. The van der Waals surface area contributed by atoms with Gasteiger partial charge in [0.05, 0.1) is 5.69 Å². The van der Waals surface area contributed by atoms with Crippen molar-refractivity contribution in [3.8, 4) is 0 Å². The molecule has 1 aromatic carbocycles. The van der Waals surface area contributed by atoms with Crippen molar-refractivity contribution in [2.24, 2.45) is 0 Å². The Balaban J connectivity index is 1.87. The minimum atomic E-state index is -0.1000. The van der Waals surface area contributed by atoms with Gasteiger partial charge in [0.15, 0.2) is 0 Å². The first-order valence-electron chi connectivity index (χ1n) is 7.05. The van der Waals surface area contributed by atoms with E-state index in [0.717, 1.165) is 11.3 Å². The molecule has 0 saturated heterocycles. The number of rotatable bonds is 4. The number of fused-ring (bicyclic) bond motifs is 1. The van der Waals surface area contributed by atoms with E-state index >= 15 is 0 Å². The molecule has 0 amide bonds. The summed E-state index contributed by atoms with van der Waals surface area (Å²) >= 11 is 5.86. The van der Waals surface area contributed by atoms with Gasteiger partial charge in [-0.3, -0.25) is 9.89 Å². The topological polar surface area (TPSA) is 75.1 Å². The van der Waals surface area contributed by atoms with Gasteiger partial charge in [0.2, 0.25) is 5.95 Å². The number of aromatic amines is 1. The lowest BCUT2D eigenvalue weighted by Gasteiger charge is -2.02. The highest BCUT2D eigenvalue weighted by Gasteiger charge is 2.11. The second kappa shape index (κ2) is 5.81. The van der Waals surface area contributed by atoms with Crippen molar-refractivity contribution in [2.45, 2.75) is 26.8 Å². The van der Waals surface area contributed by atoms with Crippen molar-refractivity contribution < 1.29 is 0 Å². The molecule has 3 rings (SSSR count). The summed E-state index contributed by atoms with van der Waals surface area (Å²) in [6.07, 6.45) is 0.646. The molecule has 0 bridgehead atoms. The number of aromatic nitrogens is 4. The molecule has 0 aliphatic heterocycles. The molecule has 0 unspecified atom stereocenters. The lowest BCUT2D eigenvalue weighted by atomic mass is 10.2. The summed E-state index contributed by atoms with van der Waals surface area (Å²) in [6, 6.07) is 7.53. The average Bonchev–Trinajstić information content (AvgIpc) is 2.90. The number of aryl methyl sites for hydroxylation is 1. The minimum absolute atomic E-state index is 0.1000. The molecule has 0 aliphatic carbocycles. The molecule has 0 aliphatic rings. The third kappa shape index (κ3) is 2.69. The molecular formula is C15H16ClN5O. The number of benzene rings is 1. The normalized spacial score (nSPS) is 11.0. The van der Waals surface area contributed by atoms with E-state index in [1.165, 1.54) is 4.52 Å². The molecular weight excluding hydrogens is 302 g/mol. The Hall–Kier alpha value is -2.34. The quantitative estimate of drug-likeness (QED) is 0.775. The largest absolute Gasteiger partial charge is 0.351 e. The Bertz CT molecular complexity index is 866. The number of H-pyrrole nitrogens is 1. The zero-order valence-corrected chi connectivity index (χ0v) is 13.1. The van der Waals surface area contributed by atoms with Crippen LogP contribution in [0.5, 0.6) is 0 Å². The zero-order chi connectivity index (χ0) is 15.7. The van der Waals surface area contributed by atoms with Crippen LogP contribution >= 0.6 is 11.6 Å². The number of halogens is 1. The minimum Gasteiger partial charge on any atom is -0.351 e. The molecule has 0 radical (unpaired) electrons. The van der Waals surface area contributed by atoms with Crippen LogP contribution in [0, 0.1) is 6.92 Å². The van der Waals surface area contributed by atoms with Gasteiger partial charge >= 0.3 is 0 Å². The maximum Gasteiger partial charge on any atom is 0.277 e. The van der Waals surface area contributed by atoms with Crippen LogP contribution < -0.4 is 10.9 Å². The highest BCUT2D eigenvalue weighted by Crippen LogP contribution is 2.11. The van der Waals surface area contributed by atoms with E-state index in [-0.39, 0.29) is 5.56 Å². The number of hydrogen-bond donors (Lipinski definition) is 2. The SMILES string of the molecule is CCc1c(C)nc2nc(NCc3ccc(Cl)cc3)[nH]n2c1=O. The lowest BCUT2D eigenvalue weighted by molar-refractivity contribution is 0.851. The van der Waals surface area contributed by atoms with Crippen molar-refractivity contribution in [1.82, 2.24) is 19.6 Å². The fraction of sp³-hybridized carbons (Fsp3) is 0.267. The predicted molar refractivity (Wildman–Crippen MR) is 86.5 cm³/mol. The van der Waals surface area contributed by atoms with Crippen molar-refractivity contribution in [3.63, 3.8) is 0 Å². The van der Waals surface area contributed by atoms with E-state index in [1.807, 2.05) is 38.1 Å². The molecule has 0 spiro atoms. The molecule has 7 heteroatoms. The average molecular weight is 318 g/mol. The summed E-state index contributed by atoms with van der Waals surface area (Å²) < 4.78 is 1.37. The van der Waals surface area contributed by atoms with Crippen LogP contribution in [-0.2, 0) is 13.0 Å². The summed E-state index contributed by atoms with van der Waals surface area (Å²) in [5, 5.41) is 6.79. The second-order valence-electron chi connectivity index (χ2n) is 5.02. The smallest absolute Gasteiger partial charge is 0.277 e. The summed E-state index contributed by atoms with van der Waals surface area (Å²) in [5.41, 5.74) is 2.39. The van der Waals surface area contributed by atoms with Crippen LogP contribution in [0.25, 0.3) is 5.78 Å². The van der Waals surface area contributed by atoms with Crippen LogP contribution in [0.3, 0.4) is 0 Å². The Labute approximate surface area is 132 Å². The fourth-order valence-corrected chi connectivity index (χ4v) is 2.45. The monoisotopic (exact) mass is 317 g/mol. The molecule has 6 nitrogen and oxygen atoms in total. The zero-order valence-electron chi connectivity index (χ0n) is 12.4. The Morgan fingerprint density at radius 1 is 1.27 bits per heavy atom. The number of anilines is 1. The van der Waals surface area contributed by atoms with E-state index in [0.29, 0.717) is 35.3 Å². The van der Waals surface area contributed by atoms with E-state index < -0.39 is 0 Å². The molecule has 0 fully saturated rings. The van der Waals surface area contributed by atoms with Crippen LogP contribution in [0.15, 0.2) is 29.1 Å². The van der Waals surface area contributed by atoms with Gasteiger partial charge in [0.25, 0.3) is 11.3 Å². The molecule has 0 saturated carbocycles. The number of hydrogen-bond acceptors (Lipinski definition) is 4. The number of nitrogens with zero attached hydrogens (tertiary/aromatic N) is 3.